The van der Waals surface area contributed by atoms with Crippen molar-refractivity contribution in [2.24, 2.45) is 0 Å². The van der Waals surface area contributed by atoms with E-state index in [4.69, 9.17) is 0 Å². The molecule has 3 aromatic rings. The Morgan fingerprint density at radius 3 is 2.94 bits per heavy atom. The highest BCUT2D eigenvalue weighted by atomic mass is 79.9. The zero-order valence-corrected chi connectivity index (χ0v) is 9.77. The first-order valence-corrected chi connectivity index (χ1v) is 5.56. The minimum Gasteiger partial charge on any atom is -0.273 e. The molecule has 0 unspecified atom stereocenters. The maximum atomic E-state index is 4.38. The Morgan fingerprint density at radius 2 is 2.06 bits per heavy atom. The Labute approximate surface area is 99.9 Å². The highest BCUT2D eigenvalue weighted by molar-refractivity contribution is 9.10. The lowest BCUT2D eigenvalue weighted by atomic mass is 10.2. The zero-order valence-electron chi connectivity index (χ0n) is 8.18. The highest BCUT2D eigenvalue weighted by Crippen LogP contribution is 2.24. The smallest absolute Gasteiger partial charge is 0.181 e. The van der Waals surface area contributed by atoms with Crippen molar-refractivity contribution in [2.45, 2.75) is 0 Å². The van der Waals surface area contributed by atoms with Crippen LogP contribution >= 0.6 is 15.9 Å². The van der Waals surface area contributed by atoms with Crippen molar-refractivity contribution in [1.29, 1.82) is 0 Å². The van der Waals surface area contributed by atoms with Gasteiger partial charge in [-0.25, -0.2) is 9.97 Å². The molecule has 0 aromatic carbocycles. The summed E-state index contributed by atoms with van der Waals surface area (Å²) in [5.41, 5.74) is 2.45. The molecule has 0 saturated heterocycles. The highest BCUT2D eigenvalue weighted by Gasteiger charge is 2.08. The van der Waals surface area contributed by atoms with E-state index in [9.17, 15) is 0 Å². The maximum Gasteiger partial charge on any atom is 0.181 e. The molecular weight excluding hydrogens is 268 g/mol. The quantitative estimate of drug-likeness (QED) is 0.695. The molecule has 0 spiro atoms. The Bertz CT molecular complexity index is 647. The number of rotatable bonds is 1. The standard InChI is InChI=1S/C11H7BrN4/c12-9-5-1-4-8(14-9)10-7-3-2-6-13-11(7)16-15-10/h1-6H,(H,13,15,16). The van der Waals surface area contributed by atoms with Crippen LogP contribution in [0.3, 0.4) is 0 Å². The minimum absolute atomic E-state index is 0.708. The number of hydrogen-bond acceptors (Lipinski definition) is 3. The SMILES string of the molecule is Brc1cccc(-c2[nH]nc3ncccc23)n1. The lowest BCUT2D eigenvalue weighted by Crippen LogP contribution is -1.84. The van der Waals surface area contributed by atoms with Crippen LogP contribution in [0.1, 0.15) is 0 Å². The van der Waals surface area contributed by atoms with Crippen LogP contribution in [-0.4, -0.2) is 20.2 Å². The molecule has 3 rings (SSSR count). The second kappa shape index (κ2) is 3.68. The summed E-state index contributed by atoms with van der Waals surface area (Å²) in [5, 5.41) is 8.07. The van der Waals surface area contributed by atoms with E-state index in [1.165, 1.54) is 0 Å². The van der Waals surface area contributed by atoms with Crippen LogP contribution < -0.4 is 0 Å². The summed E-state index contributed by atoms with van der Waals surface area (Å²) in [4.78, 5) is 8.55. The van der Waals surface area contributed by atoms with Crippen LogP contribution in [0, 0.1) is 0 Å². The summed E-state index contributed by atoms with van der Waals surface area (Å²) in [6.45, 7) is 0. The summed E-state index contributed by atoms with van der Waals surface area (Å²) < 4.78 is 0.802. The summed E-state index contributed by atoms with van der Waals surface area (Å²) in [7, 11) is 0. The number of fused-ring (bicyclic) bond motifs is 1. The molecule has 5 heteroatoms. The number of aromatic nitrogens is 4. The van der Waals surface area contributed by atoms with Gasteiger partial charge in [0.1, 0.15) is 4.60 Å². The predicted molar refractivity (Wildman–Crippen MR) is 64.8 cm³/mol. The van der Waals surface area contributed by atoms with E-state index >= 15 is 0 Å². The van der Waals surface area contributed by atoms with E-state index in [-0.39, 0.29) is 0 Å². The van der Waals surface area contributed by atoms with E-state index < -0.39 is 0 Å². The second-order valence-electron chi connectivity index (χ2n) is 3.32. The molecule has 0 atom stereocenters. The van der Waals surface area contributed by atoms with Crippen molar-refractivity contribution < 1.29 is 0 Å². The third-order valence-corrected chi connectivity index (χ3v) is 2.74. The van der Waals surface area contributed by atoms with Crippen LogP contribution in [0.25, 0.3) is 22.4 Å². The maximum absolute atomic E-state index is 4.38. The van der Waals surface area contributed by atoms with Crippen LogP contribution in [-0.2, 0) is 0 Å². The fraction of sp³-hybridized carbons (Fsp3) is 0. The van der Waals surface area contributed by atoms with Crippen molar-refractivity contribution in [3.8, 4) is 11.4 Å². The molecule has 78 valence electrons. The van der Waals surface area contributed by atoms with Gasteiger partial charge in [0.15, 0.2) is 5.65 Å². The lowest BCUT2D eigenvalue weighted by molar-refractivity contribution is 1.09. The van der Waals surface area contributed by atoms with E-state index in [0.29, 0.717) is 5.65 Å². The van der Waals surface area contributed by atoms with Crippen molar-refractivity contribution in [2.75, 3.05) is 0 Å². The molecular formula is C11H7BrN4. The Balaban J connectivity index is 2.26. The second-order valence-corrected chi connectivity index (χ2v) is 4.13. The fourth-order valence-corrected chi connectivity index (χ4v) is 1.94. The molecule has 3 heterocycles. The molecule has 0 aliphatic carbocycles. The fourth-order valence-electron chi connectivity index (χ4n) is 1.59. The zero-order chi connectivity index (χ0) is 11.0. The normalized spacial score (nSPS) is 10.8. The number of pyridine rings is 2. The largest absolute Gasteiger partial charge is 0.273 e. The molecule has 4 nitrogen and oxygen atoms in total. The van der Waals surface area contributed by atoms with Crippen LogP contribution in [0.2, 0.25) is 0 Å². The van der Waals surface area contributed by atoms with Crippen LogP contribution in [0.4, 0.5) is 0 Å². The first kappa shape index (κ1) is 9.47. The summed E-state index contributed by atoms with van der Waals surface area (Å²) in [6, 6.07) is 9.63. The Kier molecular flexibility index (Phi) is 2.18. The predicted octanol–water partition coefficient (Wildman–Crippen LogP) is 2.78. The summed E-state index contributed by atoms with van der Waals surface area (Å²) in [6.07, 6.45) is 1.72. The molecule has 0 amide bonds. The van der Waals surface area contributed by atoms with Crippen molar-refractivity contribution in [3.05, 3.63) is 41.1 Å². The molecule has 0 saturated carbocycles. The van der Waals surface area contributed by atoms with Gasteiger partial charge in [-0.3, -0.25) is 5.10 Å². The number of nitrogens with zero attached hydrogens (tertiary/aromatic N) is 3. The van der Waals surface area contributed by atoms with Gasteiger partial charge < -0.3 is 0 Å². The van der Waals surface area contributed by atoms with Gasteiger partial charge in [0, 0.05) is 11.6 Å². The number of halogens is 1. The first-order chi connectivity index (χ1) is 7.84. The van der Waals surface area contributed by atoms with Gasteiger partial charge in [-0.05, 0) is 40.2 Å². The molecule has 1 N–H and O–H groups in total. The average Bonchev–Trinajstić information content (AvgIpc) is 2.72. The van der Waals surface area contributed by atoms with Crippen molar-refractivity contribution >= 4 is 27.0 Å². The third-order valence-electron chi connectivity index (χ3n) is 2.30. The van der Waals surface area contributed by atoms with E-state index in [1.54, 1.807) is 6.20 Å². The number of aromatic amines is 1. The van der Waals surface area contributed by atoms with E-state index in [0.717, 1.165) is 21.4 Å². The van der Waals surface area contributed by atoms with Gasteiger partial charge in [0.25, 0.3) is 0 Å². The molecule has 3 aromatic heterocycles. The van der Waals surface area contributed by atoms with Gasteiger partial charge in [-0.1, -0.05) is 6.07 Å². The van der Waals surface area contributed by atoms with Crippen molar-refractivity contribution in [3.63, 3.8) is 0 Å². The van der Waals surface area contributed by atoms with Crippen LogP contribution in [0.15, 0.2) is 41.1 Å². The molecule has 0 aliphatic heterocycles. The topological polar surface area (TPSA) is 54.5 Å². The van der Waals surface area contributed by atoms with Crippen LogP contribution in [0.5, 0.6) is 0 Å². The molecule has 16 heavy (non-hydrogen) atoms. The van der Waals surface area contributed by atoms with E-state index in [1.807, 2.05) is 30.3 Å². The third kappa shape index (κ3) is 1.49. The number of hydrogen-bond donors (Lipinski definition) is 1. The number of H-pyrrole nitrogens is 1. The Morgan fingerprint density at radius 1 is 1.12 bits per heavy atom. The van der Waals surface area contributed by atoms with Gasteiger partial charge in [-0.15, -0.1) is 0 Å². The Hall–Kier alpha value is -1.75. The molecule has 0 bridgehead atoms. The average molecular weight is 275 g/mol. The van der Waals surface area contributed by atoms with Gasteiger partial charge in [0.05, 0.1) is 11.4 Å². The van der Waals surface area contributed by atoms with Gasteiger partial charge in [-0.2, -0.15) is 5.10 Å². The summed E-state index contributed by atoms with van der Waals surface area (Å²) >= 11 is 3.35. The first-order valence-electron chi connectivity index (χ1n) is 4.76. The minimum atomic E-state index is 0.708. The molecule has 0 fully saturated rings. The van der Waals surface area contributed by atoms with Gasteiger partial charge >= 0.3 is 0 Å². The van der Waals surface area contributed by atoms with Gasteiger partial charge in [0.2, 0.25) is 0 Å². The molecule has 0 radical (unpaired) electrons. The molecule has 0 aliphatic rings. The van der Waals surface area contributed by atoms with E-state index in [2.05, 4.69) is 36.1 Å². The summed E-state index contributed by atoms with van der Waals surface area (Å²) in [5.74, 6) is 0. The lowest BCUT2D eigenvalue weighted by Gasteiger charge is -1.97. The number of nitrogens with one attached hydrogen (secondary N) is 1. The monoisotopic (exact) mass is 274 g/mol. The van der Waals surface area contributed by atoms with Crippen molar-refractivity contribution in [1.82, 2.24) is 20.2 Å².